The third-order valence-electron chi connectivity index (χ3n) is 3.51. The number of anilines is 1. The van der Waals surface area contributed by atoms with Gasteiger partial charge in [0, 0.05) is 35.8 Å². The molecule has 0 aliphatic heterocycles. The fourth-order valence-corrected chi connectivity index (χ4v) is 2.37. The summed E-state index contributed by atoms with van der Waals surface area (Å²) in [4.78, 5) is 4.31. The second kappa shape index (κ2) is 5.72. The molecule has 2 N–H and O–H groups in total. The Morgan fingerprint density at radius 2 is 1.57 bits per heavy atom. The van der Waals surface area contributed by atoms with E-state index in [-0.39, 0.29) is 5.75 Å². The summed E-state index contributed by atoms with van der Waals surface area (Å²) >= 11 is 0. The first-order chi connectivity index (χ1) is 11.0. The molecule has 3 aromatic rings. The van der Waals surface area contributed by atoms with Gasteiger partial charge in [-0.1, -0.05) is 0 Å². The van der Waals surface area contributed by atoms with Crippen molar-refractivity contribution in [3.05, 3.63) is 65.6 Å². The zero-order valence-corrected chi connectivity index (χ0v) is 12.7. The number of hydrogen-bond donors (Lipinski definition) is 1. The highest BCUT2D eigenvalue weighted by Crippen LogP contribution is 2.28. The standard InChI is InChI=1S/C17H15F2N3O/c1-10-3-4-11(2)22(10)16-9-12(5-6-21-16)23-13-7-14(18)17(20)15(19)8-13/h3-9H,20H2,1-2H3. The lowest BCUT2D eigenvalue weighted by Crippen LogP contribution is -2.01. The summed E-state index contributed by atoms with van der Waals surface area (Å²) in [6.45, 7) is 3.93. The minimum absolute atomic E-state index is 0.0345. The van der Waals surface area contributed by atoms with Crippen LogP contribution in [0.25, 0.3) is 5.82 Å². The van der Waals surface area contributed by atoms with Crippen molar-refractivity contribution in [2.24, 2.45) is 0 Å². The molecule has 0 spiro atoms. The van der Waals surface area contributed by atoms with Crippen molar-refractivity contribution in [1.29, 1.82) is 0 Å². The van der Waals surface area contributed by atoms with E-state index in [1.165, 1.54) is 0 Å². The molecule has 118 valence electrons. The van der Waals surface area contributed by atoms with E-state index in [9.17, 15) is 8.78 Å². The highest BCUT2D eigenvalue weighted by molar-refractivity contribution is 5.47. The van der Waals surface area contributed by atoms with Gasteiger partial charge in [-0.05, 0) is 32.0 Å². The number of hydrogen-bond acceptors (Lipinski definition) is 3. The number of pyridine rings is 1. The molecule has 3 rings (SSSR count). The van der Waals surface area contributed by atoms with E-state index in [1.807, 2.05) is 30.5 Å². The molecule has 4 nitrogen and oxygen atoms in total. The normalized spacial score (nSPS) is 10.8. The average molecular weight is 315 g/mol. The lowest BCUT2D eigenvalue weighted by Gasteiger charge is -2.11. The zero-order valence-electron chi connectivity index (χ0n) is 12.7. The van der Waals surface area contributed by atoms with Crippen molar-refractivity contribution in [3.8, 4) is 17.3 Å². The fourth-order valence-electron chi connectivity index (χ4n) is 2.37. The molecule has 0 saturated heterocycles. The number of nitrogens with zero attached hydrogens (tertiary/aromatic N) is 2. The number of halogens is 2. The first-order valence-electron chi connectivity index (χ1n) is 6.99. The molecule has 0 unspecified atom stereocenters. The van der Waals surface area contributed by atoms with E-state index in [0.717, 1.165) is 23.5 Å². The highest BCUT2D eigenvalue weighted by atomic mass is 19.1. The Hall–Kier alpha value is -2.89. The summed E-state index contributed by atoms with van der Waals surface area (Å²) < 4.78 is 34.5. The Morgan fingerprint density at radius 1 is 0.957 bits per heavy atom. The molecule has 2 heterocycles. The lowest BCUT2D eigenvalue weighted by molar-refractivity contribution is 0.468. The minimum atomic E-state index is -0.855. The van der Waals surface area contributed by atoms with Crippen LogP contribution in [0.1, 0.15) is 11.4 Å². The number of aromatic nitrogens is 2. The number of benzene rings is 1. The Labute approximate surface area is 132 Å². The quantitative estimate of drug-likeness (QED) is 0.739. The predicted molar refractivity (Wildman–Crippen MR) is 83.9 cm³/mol. The SMILES string of the molecule is Cc1ccc(C)n1-c1cc(Oc2cc(F)c(N)c(F)c2)ccn1. The Kier molecular flexibility index (Phi) is 3.73. The summed E-state index contributed by atoms with van der Waals surface area (Å²) in [6, 6.07) is 9.37. The molecule has 0 atom stereocenters. The predicted octanol–water partition coefficient (Wildman–Crippen LogP) is 4.14. The van der Waals surface area contributed by atoms with Crippen molar-refractivity contribution in [2.45, 2.75) is 13.8 Å². The van der Waals surface area contributed by atoms with Gasteiger partial charge in [0.15, 0.2) is 11.6 Å². The van der Waals surface area contributed by atoms with Gasteiger partial charge in [0.2, 0.25) is 0 Å². The van der Waals surface area contributed by atoms with Gasteiger partial charge in [-0.3, -0.25) is 0 Å². The van der Waals surface area contributed by atoms with E-state index in [4.69, 9.17) is 10.5 Å². The molecule has 1 aromatic carbocycles. The van der Waals surface area contributed by atoms with Crippen LogP contribution in [-0.2, 0) is 0 Å². The first kappa shape index (κ1) is 15.0. The number of nitrogen functional groups attached to an aromatic ring is 1. The van der Waals surface area contributed by atoms with Crippen molar-refractivity contribution < 1.29 is 13.5 Å². The van der Waals surface area contributed by atoms with Gasteiger partial charge in [0.25, 0.3) is 0 Å². The molecule has 0 bridgehead atoms. The zero-order chi connectivity index (χ0) is 16.6. The van der Waals surface area contributed by atoms with Gasteiger partial charge in [-0.25, -0.2) is 13.8 Å². The van der Waals surface area contributed by atoms with Gasteiger partial charge in [0.1, 0.15) is 23.0 Å². The monoisotopic (exact) mass is 315 g/mol. The molecule has 0 radical (unpaired) electrons. The van der Waals surface area contributed by atoms with Crippen LogP contribution in [0.4, 0.5) is 14.5 Å². The van der Waals surface area contributed by atoms with Gasteiger partial charge in [0.05, 0.1) is 0 Å². The highest BCUT2D eigenvalue weighted by Gasteiger charge is 2.11. The van der Waals surface area contributed by atoms with Crippen LogP contribution in [0.5, 0.6) is 11.5 Å². The van der Waals surface area contributed by atoms with E-state index in [0.29, 0.717) is 11.6 Å². The van der Waals surface area contributed by atoms with Gasteiger partial charge in [-0.15, -0.1) is 0 Å². The van der Waals surface area contributed by atoms with Crippen LogP contribution in [0, 0.1) is 25.5 Å². The average Bonchev–Trinajstić information content (AvgIpc) is 2.84. The maximum Gasteiger partial charge on any atom is 0.152 e. The topological polar surface area (TPSA) is 53.1 Å². The number of rotatable bonds is 3. The molecular weight excluding hydrogens is 300 g/mol. The van der Waals surface area contributed by atoms with E-state index >= 15 is 0 Å². The van der Waals surface area contributed by atoms with Gasteiger partial charge < -0.3 is 15.0 Å². The first-order valence-corrected chi connectivity index (χ1v) is 6.99. The van der Waals surface area contributed by atoms with Crippen LogP contribution < -0.4 is 10.5 Å². The van der Waals surface area contributed by atoms with Crippen molar-refractivity contribution >= 4 is 5.69 Å². The Morgan fingerprint density at radius 3 is 2.17 bits per heavy atom. The number of ether oxygens (including phenoxy) is 1. The molecule has 0 aliphatic rings. The smallest absolute Gasteiger partial charge is 0.152 e. The van der Waals surface area contributed by atoms with Crippen LogP contribution >= 0.6 is 0 Å². The van der Waals surface area contributed by atoms with E-state index in [1.54, 1.807) is 18.3 Å². The van der Waals surface area contributed by atoms with E-state index in [2.05, 4.69) is 4.98 Å². The van der Waals surface area contributed by atoms with Crippen molar-refractivity contribution in [1.82, 2.24) is 9.55 Å². The number of nitrogens with two attached hydrogens (primary N) is 1. The number of aryl methyl sites for hydroxylation is 2. The second-order valence-electron chi connectivity index (χ2n) is 5.20. The lowest BCUT2D eigenvalue weighted by atomic mass is 10.3. The second-order valence-corrected chi connectivity index (χ2v) is 5.20. The molecule has 0 amide bonds. The summed E-state index contributed by atoms with van der Waals surface area (Å²) in [6.07, 6.45) is 1.58. The van der Waals surface area contributed by atoms with Crippen molar-refractivity contribution in [2.75, 3.05) is 5.73 Å². The van der Waals surface area contributed by atoms with Crippen molar-refractivity contribution in [3.63, 3.8) is 0 Å². The van der Waals surface area contributed by atoms with Crippen LogP contribution in [0.2, 0.25) is 0 Å². The largest absolute Gasteiger partial charge is 0.457 e. The maximum atomic E-state index is 13.5. The van der Waals surface area contributed by atoms with E-state index < -0.39 is 17.3 Å². The van der Waals surface area contributed by atoms with Crippen LogP contribution in [0.3, 0.4) is 0 Å². The molecule has 2 aromatic heterocycles. The summed E-state index contributed by atoms with van der Waals surface area (Å²) in [7, 11) is 0. The Bertz CT molecular complexity index is 832. The van der Waals surface area contributed by atoms with Crippen LogP contribution in [0.15, 0.2) is 42.6 Å². The third-order valence-corrected chi connectivity index (χ3v) is 3.51. The molecule has 0 fully saturated rings. The Balaban J connectivity index is 1.95. The molecular formula is C17H15F2N3O. The van der Waals surface area contributed by atoms with Crippen LogP contribution in [-0.4, -0.2) is 9.55 Å². The van der Waals surface area contributed by atoms with Gasteiger partial charge in [-0.2, -0.15) is 0 Å². The molecule has 23 heavy (non-hydrogen) atoms. The molecule has 6 heteroatoms. The summed E-state index contributed by atoms with van der Waals surface area (Å²) in [5.41, 5.74) is 6.77. The fraction of sp³-hybridized carbons (Fsp3) is 0.118. The summed E-state index contributed by atoms with van der Waals surface area (Å²) in [5.74, 6) is -0.588. The minimum Gasteiger partial charge on any atom is -0.457 e. The molecule has 0 saturated carbocycles. The third kappa shape index (κ3) is 2.88. The van der Waals surface area contributed by atoms with Gasteiger partial charge >= 0.3 is 0 Å². The summed E-state index contributed by atoms with van der Waals surface area (Å²) in [5, 5.41) is 0. The molecule has 0 aliphatic carbocycles. The maximum absolute atomic E-state index is 13.5.